The van der Waals surface area contributed by atoms with Crippen LogP contribution in [0.25, 0.3) is 0 Å². The van der Waals surface area contributed by atoms with E-state index in [-0.39, 0.29) is 0 Å². The van der Waals surface area contributed by atoms with E-state index in [4.69, 9.17) is 9.57 Å². The summed E-state index contributed by atoms with van der Waals surface area (Å²) in [6, 6.07) is 18.8. The average Bonchev–Trinajstić information content (AvgIpc) is 3.43. The standard InChI is InChI=1S/C22H27NO2/c1-16(2)18-9-11-19(12-10-18)22-15-21(22)17(3)23-25-14-13-24-20-7-5-4-6-8-20/h4-12,16,21-22H,13-15H2,1-3H3/b23-17-/t21-,22-/m1/s1. The Bertz CT molecular complexity index is 692. The summed E-state index contributed by atoms with van der Waals surface area (Å²) in [6.45, 7) is 7.48. The second kappa shape index (κ2) is 8.19. The molecule has 3 rings (SSSR count). The fourth-order valence-electron chi connectivity index (χ4n) is 3.08. The Labute approximate surface area is 150 Å². The minimum Gasteiger partial charge on any atom is -0.490 e. The van der Waals surface area contributed by atoms with Crippen LogP contribution in [0.4, 0.5) is 0 Å². The highest BCUT2D eigenvalue weighted by Crippen LogP contribution is 2.48. The Morgan fingerprint density at radius 2 is 1.76 bits per heavy atom. The molecule has 2 aromatic carbocycles. The molecule has 0 amide bonds. The highest BCUT2D eigenvalue weighted by atomic mass is 16.6. The van der Waals surface area contributed by atoms with Gasteiger partial charge in [0.15, 0.2) is 6.61 Å². The van der Waals surface area contributed by atoms with Gasteiger partial charge in [0, 0.05) is 5.92 Å². The van der Waals surface area contributed by atoms with E-state index in [9.17, 15) is 0 Å². The van der Waals surface area contributed by atoms with Gasteiger partial charge >= 0.3 is 0 Å². The molecule has 132 valence electrons. The van der Waals surface area contributed by atoms with Crippen LogP contribution in [0.3, 0.4) is 0 Å². The van der Waals surface area contributed by atoms with E-state index in [0.717, 1.165) is 11.5 Å². The van der Waals surface area contributed by atoms with Gasteiger partial charge in [-0.15, -0.1) is 0 Å². The molecule has 2 atom stereocenters. The lowest BCUT2D eigenvalue weighted by Crippen LogP contribution is -2.06. The molecule has 3 nitrogen and oxygen atoms in total. The van der Waals surface area contributed by atoms with Gasteiger partial charge in [0.1, 0.15) is 12.4 Å². The normalized spacial score (nSPS) is 19.8. The topological polar surface area (TPSA) is 30.8 Å². The monoisotopic (exact) mass is 337 g/mol. The zero-order chi connectivity index (χ0) is 17.6. The fourth-order valence-corrected chi connectivity index (χ4v) is 3.08. The molecule has 0 unspecified atom stereocenters. The molecule has 1 saturated carbocycles. The Hall–Kier alpha value is -2.29. The Morgan fingerprint density at radius 1 is 1.04 bits per heavy atom. The van der Waals surface area contributed by atoms with Crippen LogP contribution in [0.1, 0.15) is 50.2 Å². The molecule has 3 heteroatoms. The van der Waals surface area contributed by atoms with Gasteiger partial charge in [-0.3, -0.25) is 0 Å². The van der Waals surface area contributed by atoms with Gasteiger partial charge in [-0.2, -0.15) is 0 Å². The Kier molecular flexibility index (Phi) is 5.75. The van der Waals surface area contributed by atoms with Crippen molar-refractivity contribution in [3.05, 3.63) is 65.7 Å². The van der Waals surface area contributed by atoms with Crippen molar-refractivity contribution < 1.29 is 9.57 Å². The number of ether oxygens (including phenoxy) is 1. The lowest BCUT2D eigenvalue weighted by Gasteiger charge is -2.07. The Balaban J connectivity index is 1.41. The van der Waals surface area contributed by atoms with E-state index in [1.807, 2.05) is 30.3 Å². The molecular weight excluding hydrogens is 310 g/mol. The minimum absolute atomic E-state index is 0.465. The van der Waals surface area contributed by atoms with Crippen molar-refractivity contribution in [1.29, 1.82) is 0 Å². The first-order chi connectivity index (χ1) is 12.1. The van der Waals surface area contributed by atoms with E-state index in [2.05, 4.69) is 50.2 Å². The second-order valence-electron chi connectivity index (χ2n) is 7.00. The predicted molar refractivity (Wildman–Crippen MR) is 102 cm³/mol. The first kappa shape index (κ1) is 17.5. The predicted octanol–water partition coefficient (Wildman–Crippen LogP) is 5.39. The molecule has 0 spiro atoms. The van der Waals surface area contributed by atoms with Gasteiger partial charge in [-0.1, -0.05) is 61.5 Å². The van der Waals surface area contributed by atoms with Gasteiger partial charge in [0.25, 0.3) is 0 Å². The number of benzene rings is 2. The number of oxime groups is 1. The summed E-state index contributed by atoms with van der Waals surface area (Å²) in [5.74, 6) is 2.55. The van der Waals surface area contributed by atoms with E-state index >= 15 is 0 Å². The summed E-state index contributed by atoms with van der Waals surface area (Å²) in [5.41, 5.74) is 3.89. The highest BCUT2D eigenvalue weighted by Gasteiger charge is 2.40. The molecule has 25 heavy (non-hydrogen) atoms. The van der Waals surface area contributed by atoms with Crippen molar-refractivity contribution in [2.45, 2.75) is 39.0 Å². The summed E-state index contributed by atoms with van der Waals surface area (Å²) in [6.07, 6.45) is 1.17. The van der Waals surface area contributed by atoms with Gasteiger partial charge in [0.05, 0.1) is 5.71 Å². The molecule has 0 aliphatic heterocycles. The molecule has 2 aromatic rings. The summed E-state index contributed by atoms with van der Waals surface area (Å²) >= 11 is 0. The van der Waals surface area contributed by atoms with E-state index in [0.29, 0.717) is 31.0 Å². The number of para-hydroxylation sites is 1. The maximum Gasteiger partial charge on any atom is 0.151 e. The van der Waals surface area contributed by atoms with Gasteiger partial charge in [-0.25, -0.2) is 0 Å². The third-order valence-corrected chi connectivity index (χ3v) is 4.75. The Morgan fingerprint density at radius 3 is 2.44 bits per heavy atom. The van der Waals surface area contributed by atoms with Gasteiger partial charge < -0.3 is 9.57 Å². The van der Waals surface area contributed by atoms with Crippen LogP contribution >= 0.6 is 0 Å². The average molecular weight is 337 g/mol. The molecule has 0 bridgehead atoms. The molecule has 0 heterocycles. The molecule has 0 radical (unpaired) electrons. The third kappa shape index (κ3) is 4.85. The van der Waals surface area contributed by atoms with Crippen molar-refractivity contribution in [1.82, 2.24) is 0 Å². The van der Waals surface area contributed by atoms with Crippen molar-refractivity contribution in [2.24, 2.45) is 11.1 Å². The van der Waals surface area contributed by atoms with Crippen LogP contribution in [0.5, 0.6) is 5.75 Å². The number of nitrogens with zero attached hydrogens (tertiary/aromatic N) is 1. The smallest absolute Gasteiger partial charge is 0.151 e. The lowest BCUT2D eigenvalue weighted by molar-refractivity contribution is 0.106. The largest absolute Gasteiger partial charge is 0.490 e. The molecular formula is C22H27NO2. The van der Waals surface area contributed by atoms with E-state index in [1.54, 1.807) is 0 Å². The van der Waals surface area contributed by atoms with Crippen molar-refractivity contribution in [3.63, 3.8) is 0 Å². The summed E-state index contributed by atoms with van der Waals surface area (Å²) in [4.78, 5) is 5.42. The molecule has 0 N–H and O–H groups in total. The molecule has 1 aliphatic rings. The lowest BCUT2D eigenvalue weighted by atomic mass is 9.99. The van der Waals surface area contributed by atoms with Crippen LogP contribution in [0.2, 0.25) is 0 Å². The molecule has 1 aliphatic carbocycles. The fraction of sp³-hybridized carbons (Fsp3) is 0.409. The minimum atomic E-state index is 0.465. The molecule has 1 fully saturated rings. The van der Waals surface area contributed by atoms with Crippen LogP contribution in [-0.4, -0.2) is 18.9 Å². The quantitative estimate of drug-likeness (QED) is 0.367. The summed E-state index contributed by atoms with van der Waals surface area (Å²) < 4.78 is 5.59. The maximum atomic E-state index is 5.59. The first-order valence-electron chi connectivity index (χ1n) is 9.09. The van der Waals surface area contributed by atoms with Crippen molar-refractivity contribution >= 4 is 5.71 Å². The second-order valence-corrected chi connectivity index (χ2v) is 7.00. The van der Waals surface area contributed by atoms with E-state index in [1.165, 1.54) is 17.5 Å². The maximum absolute atomic E-state index is 5.59. The van der Waals surface area contributed by atoms with E-state index < -0.39 is 0 Å². The zero-order valence-corrected chi connectivity index (χ0v) is 15.3. The van der Waals surface area contributed by atoms with Gasteiger partial charge in [0.2, 0.25) is 0 Å². The summed E-state index contributed by atoms with van der Waals surface area (Å²) in [5, 5.41) is 4.28. The highest BCUT2D eigenvalue weighted by molar-refractivity contribution is 5.87. The summed E-state index contributed by atoms with van der Waals surface area (Å²) in [7, 11) is 0. The van der Waals surface area contributed by atoms with Crippen molar-refractivity contribution in [3.8, 4) is 5.75 Å². The van der Waals surface area contributed by atoms with Crippen LogP contribution in [0, 0.1) is 5.92 Å². The number of hydrogen-bond donors (Lipinski definition) is 0. The number of hydrogen-bond acceptors (Lipinski definition) is 3. The van der Waals surface area contributed by atoms with Crippen LogP contribution in [-0.2, 0) is 4.84 Å². The number of rotatable bonds is 8. The van der Waals surface area contributed by atoms with Crippen molar-refractivity contribution in [2.75, 3.05) is 13.2 Å². The van der Waals surface area contributed by atoms with Crippen LogP contribution < -0.4 is 4.74 Å². The van der Waals surface area contributed by atoms with Crippen LogP contribution in [0.15, 0.2) is 59.8 Å². The zero-order valence-electron chi connectivity index (χ0n) is 15.3. The molecule has 0 saturated heterocycles. The third-order valence-electron chi connectivity index (χ3n) is 4.75. The van der Waals surface area contributed by atoms with Gasteiger partial charge in [-0.05, 0) is 48.4 Å². The first-order valence-corrected chi connectivity index (χ1v) is 9.09. The molecule has 0 aromatic heterocycles. The SMILES string of the molecule is C/C(=N/OCCOc1ccccc1)[C@H]1C[C@@H]1c1ccc(C(C)C)cc1.